The van der Waals surface area contributed by atoms with Gasteiger partial charge in [-0.25, -0.2) is 0 Å². The molecule has 7 nitrogen and oxygen atoms in total. The largest absolute Gasteiger partial charge is 0.336 e. The summed E-state index contributed by atoms with van der Waals surface area (Å²) < 4.78 is 1.69. The number of amides is 1. The van der Waals surface area contributed by atoms with E-state index in [2.05, 4.69) is 9.88 Å². The van der Waals surface area contributed by atoms with Gasteiger partial charge in [0.05, 0.1) is 16.6 Å². The average Bonchev–Trinajstić information content (AvgIpc) is 3.24. The molecule has 0 radical (unpaired) electrons. The van der Waals surface area contributed by atoms with Gasteiger partial charge < -0.3 is 9.30 Å². The lowest BCUT2D eigenvalue weighted by Crippen LogP contribution is -2.48. The minimum Gasteiger partial charge on any atom is -0.336 e. The fourth-order valence-corrected chi connectivity index (χ4v) is 5.03. The topological polar surface area (TPSA) is 75.0 Å². The lowest BCUT2D eigenvalue weighted by atomic mass is 9.86. The van der Waals surface area contributed by atoms with Crippen molar-refractivity contribution < 1.29 is 14.4 Å². The Kier molecular flexibility index (Phi) is 4.85. The number of ketones is 2. The summed E-state index contributed by atoms with van der Waals surface area (Å²) in [6.45, 7) is 3.34. The summed E-state index contributed by atoms with van der Waals surface area (Å²) >= 11 is 0. The molecule has 34 heavy (non-hydrogen) atoms. The Morgan fingerprint density at radius 3 is 2.32 bits per heavy atom. The number of pyridine rings is 2. The third kappa shape index (κ3) is 3.16. The summed E-state index contributed by atoms with van der Waals surface area (Å²) in [4.78, 5) is 49.0. The van der Waals surface area contributed by atoms with E-state index in [9.17, 15) is 14.4 Å². The summed E-state index contributed by atoms with van der Waals surface area (Å²) in [5, 5.41) is 0. The highest BCUT2D eigenvalue weighted by Crippen LogP contribution is 2.34. The molecule has 4 heterocycles. The lowest BCUT2D eigenvalue weighted by Gasteiger charge is -2.34. The smallest absolute Gasteiger partial charge is 0.256 e. The number of rotatable bonds is 3. The Labute approximate surface area is 196 Å². The second-order valence-electron chi connectivity index (χ2n) is 8.69. The molecule has 1 saturated heterocycles. The van der Waals surface area contributed by atoms with Gasteiger partial charge in [-0.2, -0.15) is 0 Å². The van der Waals surface area contributed by atoms with Crippen molar-refractivity contribution in [2.45, 2.75) is 6.54 Å². The first-order chi connectivity index (χ1) is 16.6. The molecule has 168 valence electrons. The minimum absolute atomic E-state index is 0.202. The van der Waals surface area contributed by atoms with Crippen molar-refractivity contribution in [2.24, 2.45) is 0 Å². The van der Waals surface area contributed by atoms with E-state index >= 15 is 0 Å². The minimum atomic E-state index is -0.271. The molecule has 0 unspecified atom stereocenters. The first-order valence-corrected chi connectivity index (χ1v) is 11.4. The fraction of sp³-hybridized carbons (Fsp3) is 0.185. The van der Waals surface area contributed by atoms with Gasteiger partial charge in [0.25, 0.3) is 5.91 Å². The third-order valence-corrected chi connectivity index (χ3v) is 6.70. The van der Waals surface area contributed by atoms with Crippen LogP contribution in [0.25, 0.3) is 5.52 Å². The monoisotopic (exact) mass is 450 g/mol. The highest BCUT2D eigenvalue weighted by atomic mass is 16.2. The van der Waals surface area contributed by atoms with Gasteiger partial charge >= 0.3 is 0 Å². The van der Waals surface area contributed by atoms with E-state index in [0.717, 1.165) is 25.2 Å². The van der Waals surface area contributed by atoms with Gasteiger partial charge in [-0.15, -0.1) is 0 Å². The van der Waals surface area contributed by atoms with Gasteiger partial charge in [0, 0.05) is 62.4 Å². The molecule has 3 aromatic heterocycles. The quantitative estimate of drug-likeness (QED) is 0.422. The van der Waals surface area contributed by atoms with Gasteiger partial charge in [0.2, 0.25) is 5.78 Å². The van der Waals surface area contributed by atoms with E-state index in [1.807, 2.05) is 24.4 Å². The lowest BCUT2D eigenvalue weighted by molar-refractivity contribution is 0.0627. The van der Waals surface area contributed by atoms with E-state index < -0.39 is 0 Å². The molecule has 1 amide bonds. The number of hydrogen-bond donors (Lipinski definition) is 0. The molecule has 1 aliphatic heterocycles. The van der Waals surface area contributed by atoms with E-state index in [-0.39, 0.29) is 28.7 Å². The maximum absolute atomic E-state index is 13.8. The number of fused-ring (bicyclic) bond motifs is 4. The molecule has 6 rings (SSSR count). The van der Waals surface area contributed by atoms with Crippen LogP contribution in [0.4, 0.5) is 0 Å². The van der Waals surface area contributed by atoms with Gasteiger partial charge in [-0.05, 0) is 23.8 Å². The number of benzene rings is 1. The highest BCUT2D eigenvalue weighted by Gasteiger charge is 2.39. The van der Waals surface area contributed by atoms with Crippen molar-refractivity contribution in [2.75, 3.05) is 26.2 Å². The van der Waals surface area contributed by atoms with Crippen LogP contribution >= 0.6 is 0 Å². The van der Waals surface area contributed by atoms with E-state index in [1.54, 1.807) is 58.1 Å². The summed E-state index contributed by atoms with van der Waals surface area (Å²) in [5.41, 5.74) is 3.28. The van der Waals surface area contributed by atoms with Crippen molar-refractivity contribution in [3.05, 3.63) is 107 Å². The van der Waals surface area contributed by atoms with Crippen molar-refractivity contribution in [3.63, 3.8) is 0 Å². The van der Waals surface area contributed by atoms with E-state index in [1.165, 1.54) is 0 Å². The van der Waals surface area contributed by atoms with Gasteiger partial charge in [-0.3, -0.25) is 24.3 Å². The van der Waals surface area contributed by atoms with Crippen molar-refractivity contribution in [1.29, 1.82) is 0 Å². The van der Waals surface area contributed by atoms with Crippen LogP contribution in [0.15, 0.2) is 73.2 Å². The summed E-state index contributed by atoms with van der Waals surface area (Å²) in [6, 6.07) is 16.2. The third-order valence-electron chi connectivity index (χ3n) is 6.70. The Balaban J connectivity index is 1.35. The van der Waals surface area contributed by atoms with Crippen LogP contribution in [0.5, 0.6) is 0 Å². The Morgan fingerprint density at radius 1 is 0.853 bits per heavy atom. The van der Waals surface area contributed by atoms with Crippen LogP contribution in [0.1, 0.15) is 47.9 Å². The number of aromatic nitrogens is 2. The second kappa shape index (κ2) is 8.04. The van der Waals surface area contributed by atoms with Gasteiger partial charge in [0.15, 0.2) is 5.78 Å². The van der Waals surface area contributed by atoms with E-state index in [0.29, 0.717) is 35.3 Å². The van der Waals surface area contributed by atoms with Crippen molar-refractivity contribution >= 4 is 23.0 Å². The molecule has 2 aliphatic rings. The Morgan fingerprint density at radius 2 is 1.59 bits per heavy atom. The molecule has 0 N–H and O–H groups in total. The maximum Gasteiger partial charge on any atom is 0.256 e. The number of carbonyl (C=O) groups excluding carboxylic acids is 3. The molecule has 0 atom stereocenters. The molecular formula is C27H22N4O3. The average molecular weight is 450 g/mol. The Bertz CT molecular complexity index is 1450. The SMILES string of the molecule is O=C1c2ccccc2C(=O)c2c1c(C(=O)N1CCN(Cc3cccnc3)CC1)c1ccccn21. The van der Waals surface area contributed by atoms with Gasteiger partial charge in [0.1, 0.15) is 5.69 Å². The van der Waals surface area contributed by atoms with Crippen LogP contribution < -0.4 is 0 Å². The fourth-order valence-electron chi connectivity index (χ4n) is 5.03. The molecule has 0 bridgehead atoms. The first-order valence-electron chi connectivity index (χ1n) is 11.4. The molecule has 0 spiro atoms. The Hall–Kier alpha value is -4.10. The first kappa shape index (κ1) is 20.5. The summed E-state index contributed by atoms with van der Waals surface area (Å²) in [5.74, 6) is -0.703. The number of carbonyl (C=O) groups is 3. The number of nitrogens with zero attached hydrogens (tertiary/aromatic N) is 4. The standard InChI is InChI=1S/C27H22N4O3/c32-25-19-7-1-2-8-20(19)26(33)24-23(25)22(21-9-3-4-11-31(21)24)27(34)30-14-12-29(13-15-30)17-18-6-5-10-28-16-18/h1-11,16H,12-15,17H2. The zero-order valence-corrected chi connectivity index (χ0v) is 18.5. The summed E-state index contributed by atoms with van der Waals surface area (Å²) in [6.07, 6.45) is 5.36. The van der Waals surface area contributed by atoms with Crippen LogP contribution in [-0.2, 0) is 6.54 Å². The van der Waals surface area contributed by atoms with Gasteiger partial charge in [-0.1, -0.05) is 36.4 Å². The van der Waals surface area contributed by atoms with E-state index in [4.69, 9.17) is 0 Å². The van der Waals surface area contributed by atoms with Crippen molar-refractivity contribution in [3.8, 4) is 0 Å². The maximum atomic E-state index is 13.8. The number of hydrogen-bond acceptors (Lipinski definition) is 5. The van der Waals surface area contributed by atoms with Crippen LogP contribution in [-0.4, -0.2) is 62.8 Å². The predicted octanol–water partition coefficient (Wildman–Crippen LogP) is 3.07. The molecule has 1 aromatic carbocycles. The molecular weight excluding hydrogens is 428 g/mol. The zero-order chi connectivity index (χ0) is 23.2. The molecule has 1 aliphatic carbocycles. The molecule has 4 aromatic rings. The molecule has 0 saturated carbocycles. The highest BCUT2D eigenvalue weighted by molar-refractivity contribution is 6.32. The predicted molar refractivity (Wildman–Crippen MR) is 126 cm³/mol. The van der Waals surface area contributed by atoms with Crippen LogP contribution in [0, 0.1) is 0 Å². The molecule has 1 fully saturated rings. The van der Waals surface area contributed by atoms with Crippen molar-refractivity contribution in [1.82, 2.24) is 19.2 Å². The number of piperazine rings is 1. The zero-order valence-electron chi connectivity index (χ0n) is 18.5. The van der Waals surface area contributed by atoms with Crippen LogP contribution in [0.3, 0.4) is 0 Å². The molecule has 7 heteroatoms. The van der Waals surface area contributed by atoms with Crippen LogP contribution in [0.2, 0.25) is 0 Å². The normalized spacial score (nSPS) is 15.9. The second-order valence-corrected chi connectivity index (χ2v) is 8.69. The summed E-state index contributed by atoms with van der Waals surface area (Å²) in [7, 11) is 0.